The van der Waals surface area contributed by atoms with Crippen LogP contribution in [0.25, 0.3) is 0 Å². The van der Waals surface area contributed by atoms with E-state index in [4.69, 9.17) is 5.73 Å². The van der Waals surface area contributed by atoms with Crippen molar-refractivity contribution >= 4 is 0 Å². The van der Waals surface area contributed by atoms with Crippen LogP contribution >= 0.6 is 0 Å². The molecule has 17 heavy (non-hydrogen) atoms. The van der Waals surface area contributed by atoms with E-state index in [0.29, 0.717) is 0 Å². The Morgan fingerprint density at radius 2 is 2.00 bits per heavy atom. The van der Waals surface area contributed by atoms with E-state index in [-0.39, 0.29) is 11.9 Å². The van der Waals surface area contributed by atoms with Gasteiger partial charge in [-0.25, -0.2) is 4.39 Å². The highest BCUT2D eigenvalue weighted by Gasteiger charge is 2.27. The van der Waals surface area contributed by atoms with Gasteiger partial charge in [-0.05, 0) is 43.5 Å². The van der Waals surface area contributed by atoms with Gasteiger partial charge in [0, 0.05) is 18.6 Å². The van der Waals surface area contributed by atoms with Crippen LogP contribution < -0.4 is 5.73 Å². The Morgan fingerprint density at radius 1 is 1.35 bits per heavy atom. The molecular weight excluding hydrogens is 215 g/mol. The number of nitrogens with two attached hydrogens (primary N) is 1. The average Bonchev–Trinajstić information content (AvgIpc) is 3.15. The second-order valence-corrected chi connectivity index (χ2v) is 4.81. The molecule has 0 heterocycles. The first-order valence-electron chi connectivity index (χ1n) is 6.45. The van der Waals surface area contributed by atoms with Gasteiger partial charge < -0.3 is 10.6 Å². The molecule has 0 amide bonds. The second kappa shape index (κ2) is 5.61. The van der Waals surface area contributed by atoms with Crippen molar-refractivity contribution in [2.24, 2.45) is 5.73 Å². The summed E-state index contributed by atoms with van der Waals surface area (Å²) in [5.74, 6) is -0.200. The number of nitrogens with zero attached hydrogens (tertiary/aromatic N) is 1. The molecule has 1 aromatic carbocycles. The summed E-state index contributed by atoms with van der Waals surface area (Å²) in [6, 6.07) is 7.34. The van der Waals surface area contributed by atoms with Gasteiger partial charge in [-0.3, -0.25) is 0 Å². The normalized spacial score (nSPS) is 17.4. The van der Waals surface area contributed by atoms with Crippen molar-refractivity contribution in [3.63, 3.8) is 0 Å². The maximum Gasteiger partial charge on any atom is 0.123 e. The first-order chi connectivity index (χ1) is 8.20. The maximum atomic E-state index is 12.8. The lowest BCUT2D eigenvalue weighted by atomic mass is 10.0. The van der Waals surface area contributed by atoms with Gasteiger partial charge >= 0.3 is 0 Å². The molecule has 0 bridgehead atoms. The Morgan fingerprint density at radius 3 is 2.53 bits per heavy atom. The van der Waals surface area contributed by atoms with Gasteiger partial charge in [0.1, 0.15) is 5.82 Å². The largest absolute Gasteiger partial charge is 0.324 e. The smallest absolute Gasteiger partial charge is 0.123 e. The molecule has 1 atom stereocenters. The summed E-state index contributed by atoms with van der Waals surface area (Å²) < 4.78 is 12.8. The van der Waals surface area contributed by atoms with E-state index in [2.05, 4.69) is 11.8 Å². The molecule has 0 aliphatic heterocycles. The minimum absolute atomic E-state index is 0.0170. The van der Waals surface area contributed by atoms with E-state index in [1.165, 1.54) is 25.0 Å². The molecule has 2 nitrogen and oxygen atoms in total. The zero-order chi connectivity index (χ0) is 12.3. The quantitative estimate of drug-likeness (QED) is 0.823. The number of rotatable bonds is 6. The minimum Gasteiger partial charge on any atom is -0.324 e. The standard InChI is InChI=1S/C14H21FN2/c1-2-17(13-7-8-13)10-9-14(16)11-3-5-12(15)6-4-11/h3-6,13-14H,2,7-10,16H2,1H3. The van der Waals surface area contributed by atoms with Gasteiger partial charge in [-0.2, -0.15) is 0 Å². The number of benzene rings is 1. The van der Waals surface area contributed by atoms with Crippen LogP contribution in [0, 0.1) is 5.82 Å². The first kappa shape index (κ1) is 12.5. The summed E-state index contributed by atoms with van der Waals surface area (Å²) in [5, 5.41) is 0. The van der Waals surface area contributed by atoms with Crippen LogP contribution in [0.3, 0.4) is 0 Å². The number of hydrogen-bond acceptors (Lipinski definition) is 2. The SMILES string of the molecule is CCN(CCC(N)c1ccc(F)cc1)C1CC1. The van der Waals surface area contributed by atoms with Crippen molar-refractivity contribution in [3.8, 4) is 0 Å². The van der Waals surface area contributed by atoms with Gasteiger partial charge in [0.2, 0.25) is 0 Å². The van der Waals surface area contributed by atoms with Gasteiger partial charge in [0.25, 0.3) is 0 Å². The highest BCUT2D eigenvalue weighted by atomic mass is 19.1. The van der Waals surface area contributed by atoms with Crippen LogP contribution in [-0.4, -0.2) is 24.0 Å². The Labute approximate surface area is 103 Å². The van der Waals surface area contributed by atoms with Crippen molar-refractivity contribution in [2.45, 2.75) is 38.3 Å². The lowest BCUT2D eigenvalue weighted by molar-refractivity contribution is 0.266. The number of halogens is 1. The lowest BCUT2D eigenvalue weighted by Crippen LogP contribution is -2.29. The molecule has 94 valence electrons. The Balaban J connectivity index is 1.83. The van der Waals surface area contributed by atoms with Crippen LogP contribution in [0.15, 0.2) is 24.3 Å². The first-order valence-corrected chi connectivity index (χ1v) is 6.45. The Hall–Kier alpha value is -0.930. The molecule has 0 spiro atoms. The predicted octanol–water partition coefficient (Wildman–Crippen LogP) is 2.70. The lowest BCUT2D eigenvalue weighted by Gasteiger charge is -2.22. The van der Waals surface area contributed by atoms with E-state index in [1.54, 1.807) is 12.1 Å². The van der Waals surface area contributed by atoms with Crippen molar-refractivity contribution in [3.05, 3.63) is 35.6 Å². The van der Waals surface area contributed by atoms with Crippen molar-refractivity contribution in [1.82, 2.24) is 4.90 Å². The molecule has 1 aliphatic rings. The molecule has 1 fully saturated rings. The van der Waals surface area contributed by atoms with E-state index < -0.39 is 0 Å². The van der Waals surface area contributed by atoms with Crippen LogP contribution in [-0.2, 0) is 0 Å². The molecule has 1 aromatic rings. The van der Waals surface area contributed by atoms with Crippen molar-refractivity contribution < 1.29 is 4.39 Å². The third kappa shape index (κ3) is 3.51. The van der Waals surface area contributed by atoms with Crippen LogP contribution in [0.5, 0.6) is 0 Å². The molecule has 1 unspecified atom stereocenters. The highest BCUT2D eigenvalue weighted by molar-refractivity contribution is 5.19. The summed E-state index contributed by atoms with van der Waals surface area (Å²) >= 11 is 0. The molecule has 2 rings (SSSR count). The van der Waals surface area contributed by atoms with Gasteiger partial charge in [-0.1, -0.05) is 19.1 Å². The zero-order valence-corrected chi connectivity index (χ0v) is 10.4. The van der Waals surface area contributed by atoms with Crippen LogP contribution in [0.4, 0.5) is 4.39 Å². The van der Waals surface area contributed by atoms with Crippen molar-refractivity contribution in [1.29, 1.82) is 0 Å². The average molecular weight is 236 g/mol. The second-order valence-electron chi connectivity index (χ2n) is 4.81. The summed E-state index contributed by atoms with van der Waals surface area (Å²) in [7, 11) is 0. The van der Waals surface area contributed by atoms with Crippen LogP contribution in [0.2, 0.25) is 0 Å². The molecular formula is C14H21FN2. The topological polar surface area (TPSA) is 29.3 Å². The zero-order valence-electron chi connectivity index (χ0n) is 10.4. The van der Waals surface area contributed by atoms with Crippen LogP contribution in [0.1, 0.15) is 37.8 Å². The third-order valence-corrected chi connectivity index (χ3v) is 3.49. The molecule has 1 saturated carbocycles. The Bertz CT molecular complexity index is 346. The molecule has 0 saturated heterocycles. The minimum atomic E-state index is -0.200. The molecule has 3 heteroatoms. The van der Waals surface area contributed by atoms with Gasteiger partial charge in [0.15, 0.2) is 0 Å². The summed E-state index contributed by atoms with van der Waals surface area (Å²) in [6.45, 7) is 4.34. The fourth-order valence-corrected chi connectivity index (χ4v) is 2.22. The molecule has 0 radical (unpaired) electrons. The maximum absolute atomic E-state index is 12.8. The fourth-order valence-electron chi connectivity index (χ4n) is 2.22. The molecule has 1 aliphatic carbocycles. The molecule has 2 N–H and O–H groups in total. The van der Waals surface area contributed by atoms with E-state index >= 15 is 0 Å². The predicted molar refractivity (Wildman–Crippen MR) is 68.2 cm³/mol. The summed E-state index contributed by atoms with van der Waals surface area (Å²) in [5.41, 5.74) is 7.15. The van der Waals surface area contributed by atoms with Gasteiger partial charge in [-0.15, -0.1) is 0 Å². The fraction of sp³-hybridized carbons (Fsp3) is 0.571. The summed E-state index contributed by atoms with van der Waals surface area (Å²) in [4.78, 5) is 2.49. The molecule has 0 aromatic heterocycles. The van der Waals surface area contributed by atoms with Crippen molar-refractivity contribution in [2.75, 3.05) is 13.1 Å². The number of hydrogen-bond donors (Lipinski definition) is 1. The Kier molecular flexibility index (Phi) is 4.13. The summed E-state index contributed by atoms with van der Waals surface area (Å²) in [6.07, 6.45) is 3.61. The monoisotopic (exact) mass is 236 g/mol. The highest BCUT2D eigenvalue weighted by Crippen LogP contribution is 2.27. The van der Waals surface area contributed by atoms with E-state index in [0.717, 1.165) is 31.1 Å². The van der Waals surface area contributed by atoms with Gasteiger partial charge in [0.05, 0.1) is 0 Å². The van der Waals surface area contributed by atoms with E-state index in [9.17, 15) is 4.39 Å². The van der Waals surface area contributed by atoms with E-state index in [1.807, 2.05) is 0 Å². The third-order valence-electron chi connectivity index (χ3n) is 3.49.